The van der Waals surface area contributed by atoms with E-state index in [0.717, 1.165) is 0 Å². The number of aliphatic carboxylic acids is 1. The molecule has 0 unspecified atom stereocenters. The SMILES string of the molecule is NC(=O)c1nc2ccccc2nc1NC(=O)C(=O)O. The molecular weight excluding hydrogens is 252 g/mol. The normalized spacial score (nSPS) is 10.1. The number of hydrogen-bond donors (Lipinski definition) is 3. The summed E-state index contributed by atoms with van der Waals surface area (Å²) in [6.45, 7) is 0. The molecule has 0 saturated carbocycles. The van der Waals surface area contributed by atoms with Crippen molar-refractivity contribution in [3.05, 3.63) is 30.0 Å². The first-order chi connectivity index (χ1) is 8.99. The van der Waals surface area contributed by atoms with Gasteiger partial charge in [0.05, 0.1) is 11.0 Å². The van der Waals surface area contributed by atoms with E-state index in [1.807, 2.05) is 5.32 Å². The molecule has 1 aromatic heterocycles. The molecule has 19 heavy (non-hydrogen) atoms. The summed E-state index contributed by atoms with van der Waals surface area (Å²) >= 11 is 0. The van der Waals surface area contributed by atoms with Crippen LogP contribution >= 0.6 is 0 Å². The summed E-state index contributed by atoms with van der Waals surface area (Å²) in [4.78, 5) is 40.7. The standard InChI is InChI=1S/C11H8N4O4/c12-8(16)7-9(15-10(17)11(18)19)14-6-4-2-1-3-5(6)13-7/h1-4H,(H2,12,16)(H,18,19)(H,14,15,17). The zero-order valence-corrected chi connectivity index (χ0v) is 9.45. The van der Waals surface area contributed by atoms with E-state index in [0.29, 0.717) is 11.0 Å². The third-order valence-electron chi connectivity index (χ3n) is 2.23. The molecule has 0 spiro atoms. The van der Waals surface area contributed by atoms with Crippen molar-refractivity contribution in [1.82, 2.24) is 9.97 Å². The number of nitrogens with zero attached hydrogens (tertiary/aromatic N) is 2. The summed E-state index contributed by atoms with van der Waals surface area (Å²) in [5.74, 6) is -4.23. The number of carbonyl (C=O) groups excluding carboxylic acids is 2. The van der Waals surface area contributed by atoms with Crippen LogP contribution in [0.5, 0.6) is 0 Å². The van der Waals surface area contributed by atoms with Crippen LogP contribution < -0.4 is 11.1 Å². The number of para-hydroxylation sites is 2. The maximum Gasteiger partial charge on any atom is 0.394 e. The van der Waals surface area contributed by atoms with Gasteiger partial charge >= 0.3 is 11.9 Å². The van der Waals surface area contributed by atoms with Crippen molar-refractivity contribution in [3.8, 4) is 0 Å². The van der Waals surface area contributed by atoms with Crippen LogP contribution in [0.4, 0.5) is 5.82 Å². The van der Waals surface area contributed by atoms with Gasteiger partial charge in [0.1, 0.15) is 0 Å². The Labute approximate surface area is 106 Å². The molecule has 1 heterocycles. The van der Waals surface area contributed by atoms with Crippen molar-refractivity contribution in [3.63, 3.8) is 0 Å². The minimum atomic E-state index is -1.70. The highest BCUT2D eigenvalue weighted by atomic mass is 16.4. The molecule has 2 aromatic rings. The van der Waals surface area contributed by atoms with E-state index in [1.165, 1.54) is 0 Å². The maximum absolute atomic E-state index is 11.2. The Bertz CT molecular complexity index is 698. The molecular formula is C11H8N4O4. The topological polar surface area (TPSA) is 135 Å². The van der Waals surface area contributed by atoms with Crippen LogP contribution in [0.1, 0.15) is 10.5 Å². The second-order valence-corrected chi connectivity index (χ2v) is 3.53. The highest BCUT2D eigenvalue weighted by Gasteiger charge is 2.19. The Kier molecular flexibility index (Phi) is 3.06. The number of primary amides is 1. The summed E-state index contributed by atoms with van der Waals surface area (Å²) in [6.07, 6.45) is 0. The van der Waals surface area contributed by atoms with Gasteiger partial charge in [0, 0.05) is 0 Å². The molecule has 0 bridgehead atoms. The predicted octanol–water partition coefficient (Wildman–Crippen LogP) is -0.248. The number of carbonyl (C=O) groups is 3. The lowest BCUT2D eigenvalue weighted by atomic mass is 10.2. The van der Waals surface area contributed by atoms with Crippen LogP contribution in [0.25, 0.3) is 11.0 Å². The predicted molar refractivity (Wildman–Crippen MR) is 64.3 cm³/mol. The Morgan fingerprint density at radius 2 is 1.68 bits per heavy atom. The first-order valence-corrected chi connectivity index (χ1v) is 5.10. The van der Waals surface area contributed by atoms with E-state index < -0.39 is 17.8 Å². The molecule has 0 atom stereocenters. The van der Waals surface area contributed by atoms with Crippen molar-refractivity contribution in [2.24, 2.45) is 5.73 Å². The number of nitrogens with two attached hydrogens (primary N) is 1. The fourth-order valence-electron chi connectivity index (χ4n) is 1.42. The minimum Gasteiger partial charge on any atom is -0.474 e. The maximum atomic E-state index is 11.2. The molecule has 1 aromatic carbocycles. The number of anilines is 1. The summed E-state index contributed by atoms with van der Waals surface area (Å²) in [5, 5.41) is 10.5. The van der Waals surface area contributed by atoms with E-state index in [1.54, 1.807) is 24.3 Å². The van der Waals surface area contributed by atoms with Crippen LogP contribution in [-0.4, -0.2) is 32.9 Å². The van der Waals surface area contributed by atoms with Crippen molar-refractivity contribution >= 4 is 34.6 Å². The van der Waals surface area contributed by atoms with Gasteiger partial charge in [0.15, 0.2) is 11.5 Å². The lowest BCUT2D eigenvalue weighted by Crippen LogP contribution is -2.26. The highest BCUT2D eigenvalue weighted by molar-refractivity contribution is 6.36. The molecule has 0 aliphatic heterocycles. The van der Waals surface area contributed by atoms with Gasteiger partial charge in [-0.15, -0.1) is 0 Å². The summed E-state index contributed by atoms with van der Waals surface area (Å²) in [6, 6.07) is 6.59. The van der Waals surface area contributed by atoms with E-state index in [9.17, 15) is 14.4 Å². The molecule has 2 rings (SSSR count). The molecule has 0 fully saturated rings. The van der Waals surface area contributed by atoms with E-state index >= 15 is 0 Å². The first kappa shape index (κ1) is 12.4. The van der Waals surface area contributed by atoms with Crippen LogP contribution in [0.15, 0.2) is 24.3 Å². The average Bonchev–Trinajstić information content (AvgIpc) is 2.37. The molecule has 0 aliphatic rings. The third-order valence-corrected chi connectivity index (χ3v) is 2.23. The van der Waals surface area contributed by atoms with Gasteiger partial charge in [-0.05, 0) is 12.1 Å². The number of carboxylic acids is 1. The number of aromatic nitrogens is 2. The van der Waals surface area contributed by atoms with Crippen molar-refractivity contribution < 1.29 is 19.5 Å². The summed E-state index contributed by atoms with van der Waals surface area (Å²) < 4.78 is 0. The Morgan fingerprint density at radius 1 is 1.11 bits per heavy atom. The molecule has 0 saturated heterocycles. The molecule has 0 aliphatic carbocycles. The third kappa shape index (κ3) is 2.46. The largest absolute Gasteiger partial charge is 0.474 e. The quantitative estimate of drug-likeness (QED) is 0.637. The number of fused-ring (bicyclic) bond motifs is 1. The number of rotatable bonds is 2. The van der Waals surface area contributed by atoms with Gasteiger partial charge in [-0.3, -0.25) is 14.9 Å². The minimum absolute atomic E-state index is 0.279. The van der Waals surface area contributed by atoms with E-state index in [-0.39, 0.29) is 11.5 Å². The lowest BCUT2D eigenvalue weighted by molar-refractivity contribution is -0.147. The second-order valence-electron chi connectivity index (χ2n) is 3.53. The van der Waals surface area contributed by atoms with Crippen LogP contribution in [0.2, 0.25) is 0 Å². The van der Waals surface area contributed by atoms with Crippen LogP contribution in [0, 0.1) is 0 Å². The monoisotopic (exact) mass is 260 g/mol. The number of benzene rings is 1. The highest BCUT2D eigenvalue weighted by Crippen LogP contribution is 2.16. The lowest BCUT2D eigenvalue weighted by Gasteiger charge is -2.07. The van der Waals surface area contributed by atoms with Gasteiger partial charge in [-0.2, -0.15) is 0 Å². The van der Waals surface area contributed by atoms with Crippen LogP contribution in [-0.2, 0) is 9.59 Å². The van der Waals surface area contributed by atoms with Gasteiger partial charge in [0.25, 0.3) is 5.91 Å². The zero-order chi connectivity index (χ0) is 14.0. The zero-order valence-electron chi connectivity index (χ0n) is 9.45. The number of hydrogen-bond acceptors (Lipinski definition) is 5. The van der Waals surface area contributed by atoms with Gasteiger partial charge < -0.3 is 10.8 Å². The first-order valence-electron chi connectivity index (χ1n) is 5.10. The summed E-state index contributed by atoms with van der Waals surface area (Å²) in [7, 11) is 0. The Hall–Kier alpha value is -3.03. The second kappa shape index (κ2) is 4.69. The Morgan fingerprint density at radius 3 is 2.21 bits per heavy atom. The van der Waals surface area contributed by atoms with Crippen LogP contribution in [0.3, 0.4) is 0 Å². The fourth-order valence-corrected chi connectivity index (χ4v) is 1.42. The van der Waals surface area contributed by atoms with Gasteiger partial charge in [-0.1, -0.05) is 12.1 Å². The molecule has 8 nitrogen and oxygen atoms in total. The smallest absolute Gasteiger partial charge is 0.394 e. The summed E-state index contributed by atoms with van der Waals surface area (Å²) in [5.41, 5.74) is 5.62. The number of nitrogens with one attached hydrogen (secondary N) is 1. The van der Waals surface area contributed by atoms with Gasteiger partial charge in [0.2, 0.25) is 0 Å². The van der Waals surface area contributed by atoms with E-state index in [4.69, 9.17) is 10.8 Å². The Balaban J connectivity index is 2.56. The molecule has 96 valence electrons. The molecule has 2 amide bonds. The average molecular weight is 260 g/mol. The number of amides is 2. The van der Waals surface area contributed by atoms with E-state index in [2.05, 4.69) is 9.97 Å². The number of carboxylic acid groups (broad SMARTS) is 1. The van der Waals surface area contributed by atoms with Crippen molar-refractivity contribution in [2.75, 3.05) is 5.32 Å². The molecule has 8 heteroatoms. The fraction of sp³-hybridized carbons (Fsp3) is 0. The molecule has 0 radical (unpaired) electrons. The van der Waals surface area contributed by atoms with Gasteiger partial charge in [-0.25, -0.2) is 14.8 Å². The van der Waals surface area contributed by atoms with Crippen molar-refractivity contribution in [1.29, 1.82) is 0 Å². The van der Waals surface area contributed by atoms with Crippen molar-refractivity contribution in [2.45, 2.75) is 0 Å². The molecule has 4 N–H and O–H groups in total.